The molecule has 29 heavy (non-hydrogen) atoms. The van der Waals surface area contributed by atoms with E-state index in [1.807, 2.05) is 34.1 Å². The fourth-order valence-corrected chi connectivity index (χ4v) is 7.01. The molecule has 4 aliphatic carbocycles. The van der Waals surface area contributed by atoms with Crippen molar-refractivity contribution in [2.45, 2.75) is 44.9 Å². The van der Waals surface area contributed by atoms with Crippen molar-refractivity contribution in [1.29, 1.82) is 0 Å². The summed E-state index contributed by atoms with van der Waals surface area (Å²) in [5.74, 6) is 3.76. The monoisotopic (exact) mass is 396 g/mol. The summed E-state index contributed by atoms with van der Waals surface area (Å²) in [6.45, 7) is 2.56. The Bertz CT molecular complexity index is 745. The molecule has 0 aromatic heterocycles. The number of methoxy groups -OCH3 is 1. The van der Waals surface area contributed by atoms with Crippen LogP contribution >= 0.6 is 0 Å². The van der Waals surface area contributed by atoms with E-state index < -0.39 is 0 Å². The van der Waals surface area contributed by atoms with Crippen LogP contribution in [0.4, 0.5) is 0 Å². The molecule has 156 valence electrons. The second-order valence-corrected chi connectivity index (χ2v) is 10.00. The Morgan fingerprint density at radius 3 is 1.93 bits per heavy atom. The highest BCUT2D eigenvalue weighted by Crippen LogP contribution is 2.61. The number of benzene rings is 1. The van der Waals surface area contributed by atoms with E-state index >= 15 is 0 Å². The summed E-state index contributed by atoms with van der Waals surface area (Å²) in [5.41, 5.74) is 0.973. The van der Waals surface area contributed by atoms with Gasteiger partial charge in [0, 0.05) is 38.2 Å². The Hall–Kier alpha value is -2.04. The molecule has 4 saturated carbocycles. The number of nitrogens with zero attached hydrogens (tertiary/aromatic N) is 2. The van der Waals surface area contributed by atoms with E-state index in [-0.39, 0.29) is 5.91 Å². The highest BCUT2D eigenvalue weighted by molar-refractivity contribution is 5.94. The first-order valence-electron chi connectivity index (χ1n) is 11.2. The summed E-state index contributed by atoms with van der Waals surface area (Å²) in [6, 6.07) is 7.26. The summed E-state index contributed by atoms with van der Waals surface area (Å²) >= 11 is 0. The molecule has 1 aromatic rings. The maximum absolute atomic E-state index is 13.1. The third-order valence-corrected chi connectivity index (χ3v) is 7.95. The van der Waals surface area contributed by atoms with E-state index in [9.17, 15) is 9.59 Å². The Morgan fingerprint density at radius 2 is 1.41 bits per heavy atom. The Kier molecular flexibility index (Phi) is 4.79. The molecule has 0 spiro atoms. The van der Waals surface area contributed by atoms with E-state index in [4.69, 9.17) is 4.74 Å². The van der Waals surface area contributed by atoms with Crippen molar-refractivity contribution in [1.82, 2.24) is 9.80 Å². The molecule has 5 aliphatic rings. The third-order valence-electron chi connectivity index (χ3n) is 7.95. The molecule has 5 heteroatoms. The van der Waals surface area contributed by atoms with Gasteiger partial charge in [-0.1, -0.05) is 0 Å². The summed E-state index contributed by atoms with van der Waals surface area (Å²) in [7, 11) is 1.62. The molecule has 2 amide bonds. The molecule has 0 atom stereocenters. The van der Waals surface area contributed by atoms with Gasteiger partial charge in [0.15, 0.2) is 0 Å². The van der Waals surface area contributed by atoms with E-state index in [0.717, 1.165) is 29.9 Å². The maximum atomic E-state index is 13.1. The fourth-order valence-electron chi connectivity index (χ4n) is 7.01. The number of rotatable bonds is 4. The van der Waals surface area contributed by atoms with E-state index in [1.165, 1.54) is 38.5 Å². The van der Waals surface area contributed by atoms with Crippen LogP contribution in [-0.4, -0.2) is 54.9 Å². The molecule has 0 N–H and O–H groups in total. The molecular weight excluding hydrogens is 364 g/mol. The number of hydrogen-bond donors (Lipinski definition) is 0. The van der Waals surface area contributed by atoms with Gasteiger partial charge in [-0.15, -0.1) is 0 Å². The van der Waals surface area contributed by atoms with Crippen LogP contribution in [0.1, 0.15) is 55.3 Å². The average Bonchev–Trinajstić information content (AvgIpc) is 2.72. The summed E-state index contributed by atoms with van der Waals surface area (Å²) in [5, 5.41) is 0. The first-order chi connectivity index (χ1) is 14.0. The topological polar surface area (TPSA) is 49.9 Å². The van der Waals surface area contributed by atoms with Crippen LogP contribution in [0.3, 0.4) is 0 Å². The Balaban J connectivity index is 1.16. The Morgan fingerprint density at radius 1 is 0.897 bits per heavy atom. The maximum Gasteiger partial charge on any atom is 0.253 e. The van der Waals surface area contributed by atoms with Crippen molar-refractivity contribution in [3.05, 3.63) is 29.8 Å². The molecule has 1 aromatic carbocycles. The van der Waals surface area contributed by atoms with E-state index in [0.29, 0.717) is 43.1 Å². The minimum absolute atomic E-state index is 0.0424. The van der Waals surface area contributed by atoms with Crippen molar-refractivity contribution in [2.24, 2.45) is 23.2 Å². The van der Waals surface area contributed by atoms with Crippen molar-refractivity contribution in [2.75, 3.05) is 33.3 Å². The number of piperazine rings is 1. The van der Waals surface area contributed by atoms with E-state index in [2.05, 4.69) is 0 Å². The second-order valence-electron chi connectivity index (χ2n) is 10.00. The van der Waals surface area contributed by atoms with Crippen LogP contribution in [0.2, 0.25) is 0 Å². The van der Waals surface area contributed by atoms with Gasteiger partial charge in [-0.3, -0.25) is 9.59 Å². The van der Waals surface area contributed by atoms with Gasteiger partial charge in [0.2, 0.25) is 5.91 Å². The van der Waals surface area contributed by atoms with Crippen LogP contribution < -0.4 is 4.74 Å². The zero-order valence-corrected chi connectivity index (χ0v) is 17.4. The summed E-state index contributed by atoms with van der Waals surface area (Å²) in [6.07, 6.45) is 8.82. The zero-order chi connectivity index (χ0) is 20.0. The minimum atomic E-state index is 0.0424. The smallest absolute Gasteiger partial charge is 0.253 e. The van der Waals surface area contributed by atoms with Gasteiger partial charge in [0.05, 0.1) is 7.11 Å². The number of ether oxygens (including phenoxy) is 1. The van der Waals surface area contributed by atoms with Gasteiger partial charge in [-0.05, 0) is 86.0 Å². The first-order valence-corrected chi connectivity index (χ1v) is 11.2. The molecular formula is C24H32N2O3. The van der Waals surface area contributed by atoms with Crippen molar-refractivity contribution >= 4 is 11.8 Å². The number of carbonyl (C=O) groups excluding carboxylic acids is 2. The lowest BCUT2D eigenvalue weighted by atomic mass is 9.49. The number of hydrogen-bond acceptors (Lipinski definition) is 3. The molecule has 1 saturated heterocycles. The molecule has 4 bridgehead atoms. The minimum Gasteiger partial charge on any atom is -0.497 e. The highest BCUT2D eigenvalue weighted by atomic mass is 16.5. The van der Waals surface area contributed by atoms with Gasteiger partial charge in [0.25, 0.3) is 5.91 Å². The van der Waals surface area contributed by atoms with Crippen LogP contribution in [0.25, 0.3) is 0 Å². The molecule has 1 aliphatic heterocycles. The number of carbonyl (C=O) groups is 2. The highest BCUT2D eigenvalue weighted by Gasteiger charge is 2.51. The predicted octanol–water partition coefficient (Wildman–Crippen LogP) is 3.59. The first kappa shape index (κ1) is 19.0. The molecule has 1 heterocycles. The second kappa shape index (κ2) is 7.33. The van der Waals surface area contributed by atoms with Crippen LogP contribution in [0.15, 0.2) is 24.3 Å². The van der Waals surface area contributed by atoms with Crippen LogP contribution in [-0.2, 0) is 4.79 Å². The van der Waals surface area contributed by atoms with Crippen LogP contribution in [0.5, 0.6) is 5.75 Å². The lowest BCUT2D eigenvalue weighted by molar-refractivity contribution is -0.141. The van der Waals surface area contributed by atoms with E-state index in [1.54, 1.807) is 7.11 Å². The lowest BCUT2D eigenvalue weighted by Gasteiger charge is -2.57. The van der Waals surface area contributed by atoms with Crippen molar-refractivity contribution in [3.63, 3.8) is 0 Å². The standard InChI is InChI=1S/C24H32N2O3/c1-29-21-4-2-20(3-5-21)23(28)26-8-6-25(7-9-26)22(27)16-24-13-17-10-18(14-24)12-19(11-17)15-24/h2-5,17-19H,6-16H2,1H3. The van der Waals surface area contributed by atoms with Gasteiger partial charge in [-0.2, -0.15) is 0 Å². The predicted molar refractivity (Wildman–Crippen MR) is 111 cm³/mol. The van der Waals surface area contributed by atoms with Gasteiger partial charge in [0.1, 0.15) is 5.75 Å². The fraction of sp³-hybridized carbons (Fsp3) is 0.667. The molecule has 0 unspecified atom stereocenters. The normalized spacial score (nSPS) is 33.1. The van der Waals surface area contributed by atoms with Gasteiger partial charge >= 0.3 is 0 Å². The zero-order valence-electron chi connectivity index (χ0n) is 17.4. The van der Waals surface area contributed by atoms with Gasteiger partial charge in [-0.25, -0.2) is 0 Å². The number of amides is 2. The molecule has 0 radical (unpaired) electrons. The molecule has 5 nitrogen and oxygen atoms in total. The average molecular weight is 397 g/mol. The summed E-state index contributed by atoms with van der Waals surface area (Å²) < 4.78 is 5.17. The third kappa shape index (κ3) is 3.64. The molecule has 5 fully saturated rings. The Labute approximate surface area is 173 Å². The largest absolute Gasteiger partial charge is 0.497 e. The quantitative estimate of drug-likeness (QED) is 0.782. The lowest BCUT2D eigenvalue weighted by Crippen LogP contribution is -2.53. The van der Waals surface area contributed by atoms with Crippen molar-refractivity contribution in [3.8, 4) is 5.75 Å². The van der Waals surface area contributed by atoms with Gasteiger partial charge < -0.3 is 14.5 Å². The van der Waals surface area contributed by atoms with Crippen molar-refractivity contribution < 1.29 is 14.3 Å². The van der Waals surface area contributed by atoms with Crippen LogP contribution in [0, 0.1) is 23.2 Å². The SMILES string of the molecule is COc1ccc(C(=O)N2CCN(C(=O)CC34CC5CC(CC(C5)C3)C4)CC2)cc1. The molecule has 6 rings (SSSR count). The summed E-state index contributed by atoms with van der Waals surface area (Å²) in [4.78, 5) is 29.7.